The van der Waals surface area contributed by atoms with Gasteiger partial charge in [-0.05, 0) is 37.1 Å². The van der Waals surface area contributed by atoms with Crippen molar-refractivity contribution in [2.45, 2.75) is 32.0 Å². The van der Waals surface area contributed by atoms with Crippen LogP contribution in [0.25, 0.3) is 28.6 Å². The Balaban J connectivity index is 1.80. The van der Waals surface area contributed by atoms with Crippen molar-refractivity contribution in [3.63, 3.8) is 0 Å². The third kappa shape index (κ3) is 5.34. The maximum atomic E-state index is 11.7. The van der Waals surface area contributed by atoms with Crippen LogP contribution < -0.4 is 5.14 Å². The molecule has 0 unspecified atom stereocenters. The highest BCUT2D eigenvalue weighted by molar-refractivity contribution is 7.89. The minimum atomic E-state index is -3.78. The number of rotatable bonds is 8. The van der Waals surface area contributed by atoms with Gasteiger partial charge in [0.2, 0.25) is 10.0 Å². The molecule has 1 aromatic heterocycles. The van der Waals surface area contributed by atoms with Crippen LogP contribution in [-0.2, 0) is 28.0 Å². The van der Waals surface area contributed by atoms with E-state index in [0.717, 1.165) is 39.2 Å². The molecule has 7 heteroatoms. The Bertz CT molecular complexity index is 1390. The highest BCUT2D eigenvalue weighted by atomic mass is 32.2. The monoisotopic (exact) mass is 473 g/mol. The highest BCUT2D eigenvalue weighted by Crippen LogP contribution is 2.36. The smallest absolute Gasteiger partial charge is 0.238 e. The normalized spacial score (nSPS) is 11.9. The van der Waals surface area contributed by atoms with Crippen LogP contribution in [0.5, 0.6) is 0 Å². The third-order valence-electron chi connectivity index (χ3n) is 5.45. The van der Waals surface area contributed by atoms with Gasteiger partial charge in [-0.2, -0.15) is 5.10 Å². The average molecular weight is 474 g/mol. The zero-order valence-electron chi connectivity index (χ0n) is 19.2. The van der Waals surface area contributed by atoms with Crippen LogP contribution in [-0.4, -0.2) is 18.2 Å². The van der Waals surface area contributed by atoms with Gasteiger partial charge in [-0.25, -0.2) is 18.2 Å². The fourth-order valence-electron chi connectivity index (χ4n) is 3.74. The summed E-state index contributed by atoms with van der Waals surface area (Å²) < 4.78 is 31.3. The molecule has 0 amide bonds. The number of hydrogen-bond donors (Lipinski definition) is 1. The Morgan fingerprint density at radius 3 is 2.18 bits per heavy atom. The molecule has 4 aromatic rings. The number of aromatic nitrogens is 2. The van der Waals surface area contributed by atoms with E-state index in [4.69, 9.17) is 15.0 Å². The van der Waals surface area contributed by atoms with E-state index < -0.39 is 10.0 Å². The summed E-state index contributed by atoms with van der Waals surface area (Å²) in [6, 6.07) is 24.7. The van der Waals surface area contributed by atoms with Crippen molar-refractivity contribution >= 4 is 16.2 Å². The Morgan fingerprint density at radius 2 is 1.56 bits per heavy atom. The Labute approximate surface area is 200 Å². The van der Waals surface area contributed by atoms with E-state index in [1.165, 1.54) is 12.1 Å². The lowest BCUT2D eigenvalue weighted by molar-refractivity contribution is 0.103. The summed E-state index contributed by atoms with van der Waals surface area (Å²) in [6.45, 7) is 4.81. The van der Waals surface area contributed by atoms with Crippen molar-refractivity contribution < 1.29 is 13.2 Å². The van der Waals surface area contributed by atoms with Gasteiger partial charge < -0.3 is 4.74 Å². The van der Waals surface area contributed by atoms with Gasteiger partial charge in [0.05, 0.1) is 23.8 Å². The quantitative estimate of drug-likeness (QED) is 0.372. The number of sulfonamides is 1. The molecule has 0 saturated carbocycles. The molecular weight excluding hydrogens is 446 g/mol. The zero-order chi connectivity index (χ0) is 24.1. The standard InChI is InChI=1S/C27H27N3O3S/c1-3-17-30-25(19-33-18-21-7-5-4-6-8-21)26(22-11-9-20(2)10-12-22)27(29-30)23-13-15-24(16-14-23)34(28,31)32/h3-17H,18-19H2,1-2H3,(H2,28,31,32). The molecule has 34 heavy (non-hydrogen) atoms. The molecule has 0 radical (unpaired) electrons. The number of primary sulfonamides is 1. The molecular formula is C27H27N3O3S. The van der Waals surface area contributed by atoms with Gasteiger partial charge in [-0.1, -0.05) is 78.4 Å². The first-order valence-electron chi connectivity index (χ1n) is 10.9. The summed E-state index contributed by atoms with van der Waals surface area (Å²) >= 11 is 0. The van der Waals surface area contributed by atoms with Gasteiger partial charge in [0, 0.05) is 17.3 Å². The molecule has 0 aliphatic rings. The molecule has 0 aliphatic heterocycles. The molecule has 0 saturated heterocycles. The fourth-order valence-corrected chi connectivity index (χ4v) is 4.26. The number of ether oxygens (including phenoxy) is 1. The highest BCUT2D eigenvalue weighted by Gasteiger charge is 2.21. The van der Waals surface area contributed by atoms with Gasteiger partial charge in [-0.15, -0.1) is 0 Å². The predicted octanol–water partition coefficient (Wildman–Crippen LogP) is 5.38. The van der Waals surface area contributed by atoms with Gasteiger partial charge in [0.15, 0.2) is 0 Å². The van der Waals surface area contributed by atoms with Crippen LogP contribution in [0.15, 0.2) is 89.8 Å². The van der Waals surface area contributed by atoms with Crippen molar-refractivity contribution in [3.8, 4) is 22.4 Å². The second kappa shape index (κ2) is 10.2. The van der Waals surface area contributed by atoms with Crippen LogP contribution in [0.2, 0.25) is 0 Å². The maximum absolute atomic E-state index is 11.7. The summed E-state index contributed by atoms with van der Waals surface area (Å²) in [5.74, 6) is 0. The summed E-state index contributed by atoms with van der Waals surface area (Å²) in [5, 5.41) is 10.1. The number of hydrogen-bond acceptors (Lipinski definition) is 4. The van der Waals surface area contributed by atoms with Gasteiger partial charge in [0.1, 0.15) is 5.69 Å². The topological polar surface area (TPSA) is 87.2 Å². The molecule has 0 fully saturated rings. The number of nitrogens with two attached hydrogens (primary N) is 1. The van der Waals surface area contributed by atoms with Gasteiger partial charge >= 0.3 is 0 Å². The summed E-state index contributed by atoms with van der Waals surface area (Å²) in [5.41, 5.74) is 6.63. The molecule has 1 heterocycles. The van der Waals surface area contributed by atoms with Crippen molar-refractivity contribution in [1.82, 2.24) is 9.78 Å². The summed E-state index contributed by atoms with van der Waals surface area (Å²) in [4.78, 5) is 0.0624. The second-order valence-corrected chi connectivity index (χ2v) is 9.57. The first-order chi connectivity index (χ1) is 16.4. The zero-order valence-corrected chi connectivity index (χ0v) is 20.0. The predicted molar refractivity (Wildman–Crippen MR) is 135 cm³/mol. The lowest BCUT2D eigenvalue weighted by Gasteiger charge is -2.10. The molecule has 0 atom stereocenters. The van der Waals surface area contributed by atoms with Crippen molar-refractivity contribution in [2.24, 2.45) is 5.14 Å². The first kappa shape index (κ1) is 23.6. The van der Waals surface area contributed by atoms with Crippen LogP contribution in [0.3, 0.4) is 0 Å². The van der Waals surface area contributed by atoms with Gasteiger partial charge in [0.25, 0.3) is 0 Å². The van der Waals surface area contributed by atoms with Crippen LogP contribution >= 0.6 is 0 Å². The van der Waals surface area contributed by atoms with Gasteiger partial charge in [-0.3, -0.25) is 0 Å². The number of aryl methyl sites for hydroxylation is 1. The van der Waals surface area contributed by atoms with E-state index in [1.807, 2.05) is 61.1 Å². The SMILES string of the molecule is CC=Cn1nc(-c2ccc(S(N)(=O)=O)cc2)c(-c2ccc(C)cc2)c1COCc1ccccc1. The van der Waals surface area contributed by atoms with E-state index in [9.17, 15) is 8.42 Å². The fraction of sp³-hybridized carbons (Fsp3) is 0.148. The molecule has 3 aromatic carbocycles. The minimum Gasteiger partial charge on any atom is -0.370 e. The molecule has 0 aliphatic carbocycles. The molecule has 6 nitrogen and oxygen atoms in total. The number of benzene rings is 3. The average Bonchev–Trinajstić information content (AvgIpc) is 3.18. The summed E-state index contributed by atoms with van der Waals surface area (Å²) in [7, 11) is -3.78. The lowest BCUT2D eigenvalue weighted by Crippen LogP contribution is -2.11. The van der Waals surface area contributed by atoms with Crippen molar-refractivity contribution in [3.05, 3.63) is 102 Å². The molecule has 174 valence electrons. The molecule has 4 rings (SSSR count). The number of nitrogens with zero attached hydrogens (tertiary/aromatic N) is 2. The van der Waals surface area contributed by atoms with Crippen LogP contribution in [0.4, 0.5) is 0 Å². The largest absolute Gasteiger partial charge is 0.370 e. The lowest BCUT2D eigenvalue weighted by atomic mass is 9.98. The van der Waals surface area contributed by atoms with E-state index >= 15 is 0 Å². The Morgan fingerprint density at radius 1 is 0.912 bits per heavy atom. The minimum absolute atomic E-state index is 0.0624. The van der Waals surface area contributed by atoms with E-state index in [0.29, 0.717) is 13.2 Å². The van der Waals surface area contributed by atoms with E-state index in [2.05, 4.69) is 24.3 Å². The number of allylic oxidation sites excluding steroid dienone is 1. The van der Waals surface area contributed by atoms with Crippen LogP contribution in [0.1, 0.15) is 23.7 Å². The third-order valence-corrected chi connectivity index (χ3v) is 6.38. The Kier molecular flexibility index (Phi) is 7.07. The molecule has 2 N–H and O–H groups in total. The van der Waals surface area contributed by atoms with Crippen molar-refractivity contribution in [1.29, 1.82) is 0 Å². The van der Waals surface area contributed by atoms with E-state index in [-0.39, 0.29) is 4.90 Å². The first-order valence-corrected chi connectivity index (χ1v) is 12.5. The van der Waals surface area contributed by atoms with E-state index in [1.54, 1.807) is 12.1 Å². The van der Waals surface area contributed by atoms with Crippen LogP contribution in [0, 0.1) is 6.92 Å². The summed E-state index contributed by atoms with van der Waals surface area (Å²) in [6.07, 6.45) is 3.81. The van der Waals surface area contributed by atoms with Crippen molar-refractivity contribution in [2.75, 3.05) is 0 Å². The second-order valence-electron chi connectivity index (χ2n) is 8.01. The molecule has 0 spiro atoms. The Hall–Kier alpha value is -3.52. The maximum Gasteiger partial charge on any atom is 0.238 e. The molecule has 0 bridgehead atoms.